The molecule has 0 aliphatic rings. The lowest BCUT2D eigenvalue weighted by Crippen LogP contribution is -2.23. The van der Waals surface area contributed by atoms with Gasteiger partial charge >= 0.3 is 0 Å². The van der Waals surface area contributed by atoms with Gasteiger partial charge in [0.15, 0.2) is 0 Å². The summed E-state index contributed by atoms with van der Waals surface area (Å²) in [5.41, 5.74) is 0.251. The summed E-state index contributed by atoms with van der Waals surface area (Å²) in [4.78, 5) is 0. The number of allylic oxidation sites excluding steroid dienone is 2. The molecule has 0 aromatic heterocycles. The Morgan fingerprint density at radius 1 is 1.33 bits per heavy atom. The van der Waals surface area contributed by atoms with Gasteiger partial charge in [-0.3, -0.25) is 0 Å². The van der Waals surface area contributed by atoms with Crippen molar-refractivity contribution in [1.29, 1.82) is 0 Å². The van der Waals surface area contributed by atoms with E-state index in [1.807, 2.05) is 50.3 Å². The molecule has 1 rings (SSSR count). The maximum absolute atomic E-state index is 10.3. The van der Waals surface area contributed by atoms with E-state index in [1.54, 1.807) is 0 Å². The monoisotopic (exact) mass is 204 g/mol. The third kappa shape index (κ3) is 3.52. The summed E-state index contributed by atoms with van der Waals surface area (Å²) in [6.07, 6.45) is 4.91. The van der Waals surface area contributed by atoms with Crippen LogP contribution in [0.5, 0.6) is 0 Å². The van der Waals surface area contributed by atoms with E-state index in [0.29, 0.717) is 5.92 Å². The van der Waals surface area contributed by atoms with Crippen molar-refractivity contribution in [1.82, 2.24) is 0 Å². The molecule has 0 saturated heterocycles. The topological polar surface area (TPSA) is 20.2 Å². The molecule has 0 spiro atoms. The minimum atomic E-state index is -0.736. The molecule has 1 nitrogen and oxygen atoms in total. The van der Waals surface area contributed by atoms with Gasteiger partial charge in [-0.2, -0.15) is 0 Å². The van der Waals surface area contributed by atoms with Gasteiger partial charge in [0.1, 0.15) is 0 Å². The Hall–Kier alpha value is -1.08. The number of benzene rings is 1. The van der Waals surface area contributed by atoms with Gasteiger partial charge in [0.25, 0.3) is 0 Å². The average Bonchev–Trinajstić information content (AvgIpc) is 2.18. The van der Waals surface area contributed by atoms with E-state index in [-0.39, 0.29) is 0 Å². The van der Waals surface area contributed by atoms with Crippen molar-refractivity contribution in [3.63, 3.8) is 0 Å². The lowest BCUT2D eigenvalue weighted by Gasteiger charge is -2.26. The van der Waals surface area contributed by atoms with E-state index in [4.69, 9.17) is 0 Å². The zero-order chi connectivity index (χ0) is 11.3. The molecule has 1 N–H and O–H groups in total. The molecule has 0 aliphatic carbocycles. The fourth-order valence-electron chi connectivity index (χ4n) is 1.94. The van der Waals surface area contributed by atoms with Gasteiger partial charge in [-0.1, -0.05) is 49.4 Å². The lowest BCUT2D eigenvalue weighted by atomic mass is 9.87. The summed E-state index contributed by atoms with van der Waals surface area (Å²) < 4.78 is 0. The average molecular weight is 204 g/mol. The Balaban J connectivity index is 2.75. The van der Waals surface area contributed by atoms with Gasteiger partial charge in [0.05, 0.1) is 5.60 Å². The van der Waals surface area contributed by atoms with E-state index < -0.39 is 5.60 Å². The van der Waals surface area contributed by atoms with Crippen molar-refractivity contribution < 1.29 is 5.11 Å². The fraction of sp³-hybridized carbons (Fsp3) is 0.429. The van der Waals surface area contributed by atoms with Gasteiger partial charge in [0.2, 0.25) is 0 Å². The molecule has 15 heavy (non-hydrogen) atoms. The first-order valence-electron chi connectivity index (χ1n) is 5.47. The van der Waals surface area contributed by atoms with Crippen molar-refractivity contribution in [3.05, 3.63) is 48.0 Å². The first-order valence-corrected chi connectivity index (χ1v) is 5.47. The zero-order valence-corrected chi connectivity index (χ0v) is 9.77. The number of hydrogen-bond acceptors (Lipinski definition) is 1. The summed E-state index contributed by atoms with van der Waals surface area (Å²) >= 11 is 0. The highest BCUT2D eigenvalue weighted by molar-refractivity contribution is 5.21. The van der Waals surface area contributed by atoms with Crippen LogP contribution in [-0.4, -0.2) is 5.11 Å². The highest BCUT2D eigenvalue weighted by Gasteiger charge is 2.24. The molecule has 0 fully saturated rings. The van der Waals surface area contributed by atoms with E-state index in [1.165, 1.54) is 0 Å². The van der Waals surface area contributed by atoms with Crippen LogP contribution in [0.25, 0.3) is 0 Å². The molecule has 0 amide bonds. The van der Waals surface area contributed by atoms with Crippen LogP contribution in [0.3, 0.4) is 0 Å². The lowest BCUT2D eigenvalue weighted by molar-refractivity contribution is 0.0382. The molecule has 0 aliphatic heterocycles. The molecule has 0 heterocycles. The highest BCUT2D eigenvalue weighted by Crippen LogP contribution is 2.28. The van der Waals surface area contributed by atoms with Gasteiger partial charge in [-0.25, -0.2) is 0 Å². The van der Waals surface area contributed by atoms with Gasteiger partial charge in [-0.15, -0.1) is 0 Å². The largest absolute Gasteiger partial charge is 0.385 e. The third-order valence-electron chi connectivity index (χ3n) is 2.64. The SMILES string of the molecule is C/C=C/C(C)CC(C)(O)c1ccccc1. The Bertz CT molecular complexity index is 311. The molecule has 1 aromatic rings. The van der Waals surface area contributed by atoms with Crippen LogP contribution in [0.4, 0.5) is 0 Å². The smallest absolute Gasteiger partial charge is 0.0874 e. The number of aliphatic hydroxyl groups is 1. The maximum atomic E-state index is 10.3. The van der Waals surface area contributed by atoms with Crippen molar-refractivity contribution in [2.75, 3.05) is 0 Å². The van der Waals surface area contributed by atoms with E-state index in [2.05, 4.69) is 13.0 Å². The highest BCUT2D eigenvalue weighted by atomic mass is 16.3. The second-order valence-electron chi connectivity index (χ2n) is 4.35. The van der Waals surface area contributed by atoms with Crippen molar-refractivity contribution in [3.8, 4) is 0 Å². The van der Waals surface area contributed by atoms with Gasteiger partial charge in [-0.05, 0) is 31.7 Å². The minimum absolute atomic E-state index is 0.394. The van der Waals surface area contributed by atoms with Crippen molar-refractivity contribution in [2.45, 2.75) is 32.8 Å². The Labute approximate surface area is 92.5 Å². The first-order chi connectivity index (χ1) is 7.06. The van der Waals surface area contributed by atoms with Crippen molar-refractivity contribution in [2.24, 2.45) is 5.92 Å². The van der Waals surface area contributed by atoms with E-state index >= 15 is 0 Å². The standard InChI is InChI=1S/C14H20O/c1-4-8-12(2)11-14(3,15)13-9-6-5-7-10-13/h4-10,12,15H,11H2,1-3H3/b8-4+. The predicted molar refractivity (Wildman–Crippen MR) is 64.6 cm³/mol. The summed E-state index contributed by atoms with van der Waals surface area (Å²) in [5.74, 6) is 0.394. The summed E-state index contributed by atoms with van der Waals surface area (Å²) in [6.45, 7) is 6.01. The fourth-order valence-corrected chi connectivity index (χ4v) is 1.94. The number of rotatable bonds is 4. The normalized spacial score (nSPS) is 17.6. The Morgan fingerprint density at radius 2 is 1.93 bits per heavy atom. The second-order valence-corrected chi connectivity index (χ2v) is 4.35. The maximum Gasteiger partial charge on any atom is 0.0874 e. The summed E-state index contributed by atoms with van der Waals surface area (Å²) in [5, 5.41) is 10.3. The van der Waals surface area contributed by atoms with Crippen LogP contribution < -0.4 is 0 Å². The summed E-state index contributed by atoms with van der Waals surface area (Å²) in [6, 6.07) is 9.84. The van der Waals surface area contributed by atoms with E-state index in [0.717, 1.165) is 12.0 Å². The quantitative estimate of drug-likeness (QED) is 0.744. The first kappa shape index (κ1) is 12.0. The number of hydrogen-bond donors (Lipinski definition) is 1. The molecular weight excluding hydrogens is 184 g/mol. The van der Waals surface area contributed by atoms with Crippen LogP contribution in [0.15, 0.2) is 42.5 Å². The zero-order valence-electron chi connectivity index (χ0n) is 9.77. The predicted octanol–water partition coefficient (Wildman–Crippen LogP) is 3.50. The van der Waals surface area contributed by atoms with Crippen LogP contribution >= 0.6 is 0 Å². The molecule has 0 radical (unpaired) electrons. The van der Waals surface area contributed by atoms with E-state index in [9.17, 15) is 5.11 Å². The molecule has 1 heteroatoms. The van der Waals surface area contributed by atoms with Crippen LogP contribution in [-0.2, 0) is 5.60 Å². The Kier molecular flexibility index (Phi) is 4.10. The molecule has 0 bridgehead atoms. The van der Waals surface area contributed by atoms with Crippen LogP contribution in [0.1, 0.15) is 32.8 Å². The van der Waals surface area contributed by atoms with Crippen LogP contribution in [0.2, 0.25) is 0 Å². The minimum Gasteiger partial charge on any atom is -0.385 e. The molecule has 0 saturated carbocycles. The second kappa shape index (κ2) is 5.13. The summed E-state index contributed by atoms with van der Waals surface area (Å²) in [7, 11) is 0. The molecule has 82 valence electrons. The molecule has 2 unspecified atom stereocenters. The third-order valence-corrected chi connectivity index (χ3v) is 2.64. The molecule has 1 aromatic carbocycles. The molecular formula is C14H20O. The van der Waals surface area contributed by atoms with Gasteiger partial charge < -0.3 is 5.11 Å². The Morgan fingerprint density at radius 3 is 2.47 bits per heavy atom. The van der Waals surface area contributed by atoms with Crippen molar-refractivity contribution >= 4 is 0 Å². The van der Waals surface area contributed by atoms with Crippen LogP contribution in [0, 0.1) is 5.92 Å². The molecule has 2 atom stereocenters. The van der Waals surface area contributed by atoms with Gasteiger partial charge in [0, 0.05) is 0 Å².